The zero-order valence-corrected chi connectivity index (χ0v) is 18.1. The lowest BCUT2D eigenvalue weighted by molar-refractivity contribution is -0.134. The van der Waals surface area contributed by atoms with Crippen molar-refractivity contribution >= 4 is 28.4 Å². The molecular formula is C21H28N6O2S. The number of anilines is 1. The minimum absolute atomic E-state index is 0.144. The molecule has 2 fully saturated rings. The number of amides is 3. The molecule has 8 nitrogen and oxygen atoms in total. The summed E-state index contributed by atoms with van der Waals surface area (Å²) in [7, 11) is 2.09. The summed E-state index contributed by atoms with van der Waals surface area (Å²) in [5.74, 6) is 0.612. The van der Waals surface area contributed by atoms with Gasteiger partial charge in [0.05, 0.1) is 0 Å². The number of carbonyl (C=O) groups is 2. The van der Waals surface area contributed by atoms with Crippen LogP contribution in [-0.4, -0.2) is 83.2 Å². The lowest BCUT2D eigenvalue weighted by Crippen LogP contribution is -2.48. The van der Waals surface area contributed by atoms with Gasteiger partial charge in [-0.25, -0.2) is 4.79 Å². The predicted molar refractivity (Wildman–Crippen MR) is 117 cm³/mol. The zero-order valence-electron chi connectivity index (χ0n) is 17.3. The molecule has 0 spiro atoms. The van der Waals surface area contributed by atoms with Crippen molar-refractivity contribution in [3.63, 3.8) is 0 Å². The van der Waals surface area contributed by atoms with Crippen molar-refractivity contribution in [3.8, 4) is 10.6 Å². The molecule has 1 aromatic heterocycles. The Morgan fingerprint density at radius 2 is 1.70 bits per heavy atom. The Morgan fingerprint density at radius 3 is 2.40 bits per heavy atom. The van der Waals surface area contributed by atoms with E-state index in [0.29, 0.717) is 30.6 Å². The molecule has 3 heterocycles. The lowest BCUT2D eigenvalue weighted by Gasteiger charge is -2.35. The van der Waals surface area contributed by atoms with Crippen LogP contribution in [0.1, 0.15) is 19.3 Å². The molecule has 0 bridgehead atoms. The molecular weight excluding hydrogens is 400 g/mol. The van der Waals surface area contributed by atoms with E-state index in [1.165, 1.54) is 11.3 Å². The molecule has 9 heteroatoms. The van der Waals surface area contributed by atoms with Gasteiger partial charge in [-0.2, -0.15) is 0 Å². The maximum atomic E-state index is 12.6. The molecule has 160 valence electrons. The number of hydrogen-bond donors (Lipinski definition) is 1. The third-order valence-electron chi connectivity index (χ3n) is 5.88. The minimum Gasteiger partial charge on any atom is -0.340 e. The third kappa shape index (κ3) is 5.14. The first-order valence-electron chi connectivity index (χ1n) is 10.5. The molecule has 0 aliphatic carbocycles. The number of nitrogens with zero attached hydrogens (tertiary/aromatic N) is 5. The molecule has 0 atom stereocenters. The van der Waals surface area contributed by atoms with E-state index in [-0.39, 0.29) is 11.9 Å². The molecule has 2 aliphatic rings. The second-order valence-electron chi connectivity index (χ2n) is 8.03. The lowest BCUT2D eigenvalue weighted by atomic mass is 9.93. The van der Waals surface area contributed by atoms with Gasteiger partial charge in [-0.3, -0.25) is 10.1 Å². The van der Waals surface area contributed by atoms with E-state index in [9.17, 15) is 9.59 Å². The van der Waals surface area contributed by atoms with Crippen molar-refractivity contribution in [2.45, 2.75) is 19.3 Å². The topological polar surface area (TPSA) is 81.7 Å². The van der Waals surface area contributed by atoms with Crippen molar-refractivity contribution in [1.82, 2.24) is 24.9 Å². The van der Waals surface area contributed by atoms with Crippen LogP contribution in [0.3, 0.4) is 0 Å². The highest BCUT2D eigenvalue weighted by Crippen LogP contribution is 2.27. The van der Waals surface area contributed by atoms with Crippen LogP contribution in [0.25, 0.3) is 10.6 Å². The van der Waals surface area contributed by atoms with Gasteiger partial charge < -0.3 is 14.7 Å². The van der Waals surface area contributed by atoms with E-state index in [4.69, 9.17) is 0 Å². The van der Waals surface area contributed by atoms with Crippen molar-refractivity contribution < 1.29 is 9.59 Å². The molecule has 30 heavy (non-hydrogen) atoms. The first-order chi connectivity index (χ1) is 14.6. The second kappa shape index (κ2) is 9.53. The number of benzene rings is 1. The van der Waals surface area contributed by atoms with E-state index in [2.05, 4.69) is 27.5 Å². The summed E-state index contributed by atoms with van der Waals surface area (Å²) in [6.45, 7) is 4.87. The van der Waals surface area contributed by atoms with Gasteiger partial charge in [0.1, 0.15) is 5.01 Å². The van der Waals surface area contributed by atoms with Crippen LogP contribution in [0, 0.1) is 5.92 Å². The van der Waals surface area contributed by atoms with Crippen molar-refractivity contribution in [2.75, 3.05) is 51.6 Å². The van der Waals surface area contributed by atoms with Gasteiger partial charge in [-0.05, 0) is 25.8 Å². The minimum atomic E-state index is -0.144. The number of hydrogen-bond acceptors (Lipinski definition) is 6. The fourth-order valence-corrected chi connectivity index (χ4v) is 4.65. The summed E-state index contributed by atoms with van der Waals surface area (Å²) in [5, 5.41) is 12.4. The quantitative estimate of drug-likeness (QED) is 0.810. The average molecular weight is 429 g/mol. The summed E-state index contributed by atoms with van der Waals surface area (Å²) < 4.78 is 0. The molecule has 0 radical (unpaired) electrons. The van der Waals surface area contributed by atoms with Crippen LogP contribution in [0.5, 0.6) is 0 Å². The van der Waals surface area contributed by atoms with Gasteiger partial charge in [0.15, 0.2) is 0 Å². The van der Waals surface area contributed by atoms with Gasteiger partial charge in [-0.1, -0.05) is 41.7 Å². The highest BCUT2D eigenvalue weighted by molar-refractivity contribution is 7.18. The van der Waals surface area contributed by atoms with Gasteiger partial charge in [-0.15, -0.1) is 10.2 Å². The highest BCUT2D eigenvalue weighted by atomic mass is 32.1. The summed E-state index contributed by atoms with van der Waals surface area (Å²) in [5.41, 5.74) is 0.987. The van der Waals surface area contributed by atoms with E-state index in [1.54, 1.807) is 4.90 Å². The predicted octanol–water partition coefficient (Wildman–Crippen LogP) is 2.61. The van der Waals surface area contributed by atoms with Crippen molar-refractivity contribution in [1.29, 1.82) is 0 Å². The molecule has 3 amide bonds. The average Bonchev–Trinajstić information content (AvgIpc) is 3.24. The monoisotopic (exact) mass is 428 g/mol. The maximum absolute atomic E-state index is 12.6. The van der Waals surface area contributed by atoms with Crippen molar-refractivity contribution in [3.05, 3.63) is 30.3 Å². The molecule has 1 N–H and O–H groups in total. The summed E-state index contributed by atoms with van der Waals surface area (Å²) in [6, 6.07) is 9.66. The molecule has 0 saturated carbocycles. The number of piperidine rings is 1. The highest BCUT2D eigenvalue weighted by Gasteiger charge is 2.27. The number of urea groups is 1. The molecule has 1 aromatic carbocycles. The van der Waals surface area contributed by atoms with Gasteiger partial charge >= 0.3 is 6.03 Å². The van der Waals surface area contributed by atoms with E-state index < -0.39 is 0 Å². The first kappa shape index (κ1) is 20.7. The Kier molecular flexibility index (Phi) is 6.59. The molecule has 0 unspecified atom stereocenters. The number of rotatable bonds is 4. The largest absolute Gasteiger partial charge is 0.340 e. The Morgan fingerprint density at radius 1 is 1.00 bits per heavy atom. The number of piperazine rings is 1. The van der Waals surface area contributed by atoms with Crippen LogP contribution in [0.2, 0.25) is 0 Å². The Hall–Kier alpha value is -2.52. The smallest absolute Gasteiger partial charge is 0.323 e. The Labute approximate surface area is 180 Å². The zero-order chi connectivity index (χ0) is 20.9. The van der Waals surface area contributed by atoms with Crippen LogP contribution >= 0.6 is 11.3 Å². The van der Waals surface area contributed by atoms with Crippen LogP contribution in [0.4, 0.5) is 9.93 Å². The molecule has 2 aliphatic heterocycles. The first-order valence-corrected chi connectivity index (χ1v) is 11.3. The van der Waals surface area contributed by atoms with Crippen LogP contribution < -0.4 is 5.32 Å². The standard InChI is InChI=1S/C21H28N6O2S/c1-25-11-13-26(14-12-25)18(28)15-16-7-9-27(10-8-16)21(29)22-20-24-23-19(30-20)17-5-3-2-4-6-17/h2-6,16H,7-15H2,1H3,(H,22,24,29). The van der Waals surface area contributed by atoms with Crippen LogP contribution in [-0.2, 0) is 4.79 Å². The maximum Gasteiger partial charge on any atom is 0.323 e. The fraction of sp³-hybridized carbons (Fsp3) is 0.524. The third-order valence-corrected chi connectivity index (χ3v) is 6.77. The van der Waals surface area contributed by atoms with Gasteiger partial charge in [0.2, 0.25) is 11.0 Å². The number of aromatic nitrogens is 2. The van der Waals surface area contributed by atoms with E-state index >= 15 is 0 Å². The molecule has 2 saturated heterocycles. The van der Waals surface area contributed by atoms with Gasteiger partial charge in [0.25, 0.3) is 0 Å². The van der Waals surface area contributed by atoms with Gasteiger partial charge in [0, 0.05) is 51.3 Å². The summed E-state index contributed by atoms with van der Waals surface area (Å²) >= 11 is 1.37. The fourth-order valence-electron chi connectivity index (χ4n) is 3.91. The SMILES string of the molecule is CN1CCN(C(=O)CC2CCN(C(=O)Nc3nnc(-c4ccccc4)s3)CC2)CC1. The Balaban J connectivity index is 1.23. The summed E-state index contributed by atoms with van der Waals surface area (Å²) in [6.07, 6.45) is 2.31. The molecule has 4 rings (SSSR count). The van der Waals surface area contributed by atoms with Crippen LogP contribution in [0.15, 0.2) is 30.3 Å². The second-order valence-corrected chi connectivity index (χ2v) is 9.00. The number of carbonyl (C=O) groups excluding carboxylic acids is 2. The number of likely N-dealkylation sites (N-methyl/N-ethyl adjacent to an activating group) is 1. The van der Waals surface area contributed by atoms with E-state index in [0.717, 1.165) is 49.6 Å². The number of likely N-dealkylation sites (tertiary alicyclic amines) is 1. The Bertz CT molecular complexity index is 857. The number of nitrogens with one attached hydrogen (secondary N) is 1. The van der Waals surface area contributed by atoms with Crippen molar-refractivity contribution in [2.24, 2.45) is 5.92 Å². The van der Waals surface area contributed by atoms with E-state index in [1.807, 2.05) is 35.2 Å². The summed E-state index contributed by atoms with van der Waals surface area (Å²) in [4.78, 5) is 31.2. The molecule has 2 aromatic rings. The normalized spacial score (nSPS) is 18.4.